The van der Waals surface area contributed by atoms with Crippen molar-refractivity contribution >= 4 is 27.9 Å². The van der Waals surface area contributed by atoms with Gasteiger partial charge in [-0.3, -0.25) is 13.9 Å². The summed E-state index contributed by atoms with van der Waals surface area (Å²) in [6, 6.07) is 0. The van der Waals surface area contributed by atoms with Crippen LogP contribution in [0.15, 0.2) is 4.79 Å². The maximum Gasteiger partial charge on any atom is 0.394 e. The molecular formula is C5H11N5O5S. The Morgan fingerprint density at radius 2 is 1.62 bits per heavy atom. The van der Waals surface area contributed by atoms with Gasteiger partial charge in [0.2, 0.25) is 5.95 Å². The molecule has 1 heterocycles. The summed E-state index contributed by atoms with van der Waals surface area (Å²) < 4.78 is 32.9. The van der Waals surface area contributed by atoms with Gasteiger partial charge in [0.1, 0.15) is 11.5 Å². The molecule has 0 aliphatic rings. The van der Waals surface area contributed by atoms with Gasteiger partial charge >= 0.3 is 10.4 Å². The molecule has 0 bridgehead atoms. The van der Waals surface area contributed by atoms with Crippen molar-refractivity contribution in [3.05, 3.63) is 10.4 Å². The van der Waals surface area contributed by atoms with Gasteiger partial charge in [0.25, 0.3) is 5.56 Å². The first kappa shape index (κ1) is 14.2. The molecule has 0 aliphatic heterocycles. The van der Waals surface area contributed by atoms with Crippen molar-refractivity contribution in [3.63, 3.8) is 0 Å². The summed E-state index contributed by atoms with van der Waals surface area (Å²) in [6.07, 6.45) is 0. The molecular weight excluding hydrogens is 242 g/mol. The average molecular weight is 253 g/mol. The van der Waals surface area contributed by atoms with Crippen molar-refractivity contribution in [1.82, 2.24) is 9.55 Å². The summed E-state index contributed by atoms with van der Waals surface area (Å²) >= 11 is 0. The lowest BCUT2D eigenvalue weighted by molar-refractivity contribution is 0.381. The van der Waals surface area contributed by atoms with E-state index in [0.717, 1.165) is 0 Å². The summed E-state index contributed by atoms with van der Waals surface area (Å²) in [7, 11) is -3.09. The molecule has 0 aliphatic carbocycles. The van der Waals surface area contributed by atoms with Crippen molar-refractivity contribution in [2.24, 2.45) is 7.05 Å². The van der Waals surface area contributed by atoms with E-state index in [-0.39, 0.29) is 17.5 Å². The predicted molar refractivity (Wildman–Crippen MR) is 56.9 cm³/mol. The molecule has 8 N–H and O–H groups in total. The Morgan fingerprint density at radius 3 is 2.00 bits per heavy atom. The van der Waals surface area contributed by atoms with Gasteiger partial charge in [0.05, 0.1) is 0 Å². The van der Waals surface area contributed by atoms with Gasteiger partial charge in [0, 0.05) is 7.05 Å². The van der Waals surface area contributed by atoms with Gasteiger partial charge in [-0.15, -0.1) is 0 Å². The van der Waals surface area contributed by atoms with E-state index in [0.29, 0.717) is 0 Å². The predicted octanol–water partition coefficient (Wildman–Crippen LogP) is -2.13. The summed E-state index contributed by atoms with van der Waals surface area (Å²) in [5, 5.41) is 0. The van der Waals surface area contributed by atoms with Gasteiger partial charge in [-0.05, 0) is 0 Å². The molecule has 0 saturated carbocycles. The highest BCUT2D eigenvalue weighted by molar-refractivity contribution is 7.79. The van der Waals surface area contributed by atoms with E-state index in [1.807, 2.05) is 0 Å². The summed E-state index contributed by atoms with van der Waals surface area (Å²) in [6.45, 7) is 0. The number of hydrogen-bond donors (Lipinski definition) is 5. The summed E-state index contributed by atoms with van der Waals surface area (Å²) in [4.78, 5) is 14.2. The Kier molecular flexibility index (Phi) is 4.23. The Balaban J connectivity index is 0.000000385. The highest BCUT2D eigenvalue weighted by atomic mass is 32.3. The van der Waals surface area contributed by atoms with E-state index < -0.39 is 16.0 Å². The lowest BCUT2D eigenvalue weighted by Crippen LogP contribution is -2.22. The molecule has 0 saturated heterocycles. The van der Waals surface area contributed by atoms with Crippen molar-refractivity contribution in [2.45, 2.75) is 0 Å². The third-order valence-electron chi connectivity index (χ3n) is 1.43. The fraction of sp³-hybridized carbons (Fsp3) is 0.200. The van der Waals surface area contributed by atoms with Crippen LogP contribution in [-0.2, 0) is 17.4 Å². The Bertz CT molecular complexity index is 527. The monoisotopic (exact) mass is 253 g/mol. The zero-order chi connectivity index (χ0) is 13.1. The lowest BCUT2D eigenvalue weighted by atomic mass is 10.5. The first-order valence-electron chi connectivity index (χ1n) is 3.61. The number of rotatable bonds is 0. The molecule has 1 aromatic heterocycles. The molecule has 0 amide bonds. The number of aromatic nitrogens is 2. The number of anilines is 3. The van der Waals surface area contributed by atoms with Crippen LogP contribution in [0, 0.1) is 0 Å². The third-order valence-corrected chi connectivity index (χ3v) is 1.43. The first-order valence-corrected chi connectivity index (χ1v) is 5.01. The van der Waals surface area contributed by atoms with E-state index in [4.69, 9.17) is 34.7 Å². The zero-order valence-corrected chi connectivity index (χ0v) is 8.97. The Labute approximate surface area is 90.3 Å². The number of nitrogens with zero attached hydrogens (tertiary/aromatic N) is 2. The molecule has 0 aromatic carbocycles. The van der Waals surface area contributed by atoms with Crippen molar-refractivity contribution in [2.75, 3.05) is 17.2 Å². The minimum absolute atomic E-state index is 0.0571. The van der Waals surface area contributed by atoms with E-state index in [1.165, 1.54) is 4.57 Å². The highest BCUT2D eigenvalue weighted by Crippen LogP contribution is 2.08. The van der Waals surface area contributed by atoms with Crippen LogP contribution in [0.4, 0.5) is 17.5 Å². The molecule has 0 atom stereocenters. The van der Waals surface area contributed by atoms with Gasteiger partial charge in [0.15, 0.2) is 0 Å². The number of nitrogen functional groups attached to an aromatic ring is 3. The third kappa shape index (κ3) is 4.59. The highest BCUT2D eigenvalue weighted by Gasteiger charge is 2.05. The summed E-state index contributed by atoms with van der Waals surface area (Å²) in [5.41, 5.74) is 15.3. The summed E-state index contributed by atoms with van der Waals surface area (Å²) in [5.74, 6) is 0.198. The molecule has 0 unspecified atom stereocenters. The Morgan fingerprint density at radius 1 is 1.25 bits per heavy atom. The van der Waals surface area contributed by atoms with Gasteiger partial charge < -0.3 is 21.8 Å². The smallest absolute Gasteiger partial charge is 0.391 e. The first-order chi connectivity index (χ1) is 7.04. The normalized spacial score (nSPS) is 10.4. The molecule has 10 nitrogen and oxygen atoms in total. The maximum absolute atomic E-state index is 10.8. The van der Waals surface area contributed by atoms with Crippen LogP contribution in [0.5, 0.6) is 0 Å². The molecule has 0 spiro atoms. The van der Waals surface area contributed by atoms with Crippen molar-refractivity contribution in [3.8, 4) is 0 Å². The van der Waals surface area contributed by atoms with Crippen LogP contribution < -0.4 is 22.8 Å². The second kappa shape index (κ2) is 4.78. The molecule has 16 heavy (non-hydrogen) atoms. The van der Waals surface area contributed by atoms with Crippen LogP contribution in [0.3, 0.4) is 0 Å². The van der Waals surface area contributed by atoms with Crippen molar-refractivity contribution < 1.29 is 17.5 Å². The maximum atomic E-state index is 10.8. The zero-order valence-electron chi connectivity index (χ0n) is 8.15. The quantitative estimate of drug-likeness (QED) is 0.322. The standard InChI is InChI=1S/C5H9N5O.H2O4S/c1-10-3(7)2(6)4(11)9-5(10)8;1-5(2,3)4/h6-7H2,1H3,(H2,8,9,11);(H2,1,2,3,4). The fourth-order valence-corrected chi connectivity index (χ4v) is 0.653. The molecule has 1 rings (SSSR count). The average Bonchev–Trinajstić information content (AvgIpc) is 2.09. The SMILES string of the molecule is Cn1c(N)nc(=O)c(N)c1N.O=S(=O)(O)O. The van der Waals surface area contributed by atoms with E-state index >= 15 is 0 Å². The van der Waals surface area contributed by atoms with Gasteiger partial charge in [-0.2, -0.15) is 13.4 Å². The lowest BCUT2D eigenvalue weighted by Gasteiger charge is -2.07. The molecule has 0 fully saturated rings. The molecule has 11 heteroatoms. The van der Waals surface area contributed by atoms with Crippen molar-refractivity contribution in [1.29, 1.82) is 0 Å². The van der Waals surface area contributed by atoms with Crippen LogP contribution in [0.1, 0.15) is 0 Å². The largest absolute Gasteiger partial charge is 0.394 e. The van der Waals surface area contributed by atoms with Crippen LogP contribution >= 0.6 is 0 Å². The number of nitrogens with two attached hydrogens (primary N) is 3. The van der Waals surface area contributed by atoms with E-state index in [2.05, 4.69) is 4.98 Å². The van der Waals surface area contributed by atoms with Crippen LogP contribution in [0.25, 0.3) is 0 Å². The second-order valence-corrected chi connectivity index (χ2v) is 3.48. The van der Waals surface area contributed by atoms with Crippen LogP contribution in [-0.4, -0.2) is 27.1 Å². The van der Waals surface area contributed by atoms with Gasteiger partial charge in [-0.25, -0.2) is 0 Å². The van der Waals surface area contributed by atoms with E-state index in [9.17, 15) is 4.79 Å². The minimum Gasteiger partial charge on any atom is -0.391 e. The fourth-order valence-electron chi connectivity index (χ4n) is 0.653. The Hall–Kier alpha value is -1.85. The topological polar surface area (TPSA) is 188 Å². The molecule has 1 aromatic rings. The van der Waals surface area contributed by atoms with Crippen LogP contribution in [0.2, 0.25) is 0 Å². The number of hydrogen-bond acceptors (Lipinski definition) is 7. The molecule has 0 radical (unpaired) electrons. The van der Waals surface area contributed by atoms with Gasteiger partial charge in [-0.1, -0.05) is 0 Å². The van der Waals surface area contributed by atoms with E-state index in [1.54, 1.807) is 7.05 Å². The molecule has 92 valence electrons. The second-order valence-electron chi connectivity index (χ2n) is 2.58. The minimum atomic E-state index is -4.67.